The van der Waals surface area contributed by atoms with Crippen LogP contribution < -0.4 is 10.2 Å². The van der Waals surface area contributed by atoms with Gasteiger partial charge in [0.1, 0.15) is 12.4 Å². The first-order valence-corrected chi connectivity index (χ1v) is 8.24. The van der Waals surface area contributed by atoms with Crippen molar-refractivity contribution in [1.82, 2.24) is 15.3 Å². The number of fused-ring (bicyclic) bond motifs is 1. The second kappa shape index (κ2) is 7.45. The minimum atomic E-state index is -0.610. The van der Waals surface area contributed by atoms with Gasteiger partial charge in [0.15, 0.2) is 0 Å². The molecule has 3 rings (SSSR count). The first-order chi connectivity index (χ1) is 12.5. The van der Waals surface area contributed by atoms with Gasteiger partial charge < -0.3 is 14.5 Å². The second-order valence-electron chi connectivity index (χ2n) is 6.31. The largest absolute Gasteiger partial charge is 0.491 e. The Kier molecular flexibility index (Phi) is 5.09. The summed E-state index contributed by atoms with van der Waals surface area (Å²) in [4.78, 5) is 27.7. The summed E-state index contributed by atoms with van der Waals surface area (Å²) in [5.41, 5.74) is 3.68. The molecule has 0 fully saturated rings. The van der Waals surface area contributed by atoms with Crippen LogP contribution >= 0.6 is 0 Å². The number of amides is 3. The standard InChI is InChI=1S/C19H21N3O4/c1-21(2)19(24)22-11-15-9-8-14(18(23)20-25)10-17(15)26-12-16(22)13-6-4-3-5-7-13/h3-10,16,25H,11-12H2,1-2H3,(H,20,23). The van der Waals surface area contributed by atoms with Crippen molar-refractivity contribution in [3.8, 4) is 5.75 Å². The van der Waals surface area contributed by atoms with Gasteiger partial charge in [-0.15, -0.1) is 0 Å². The Morgan fingerprint density at radius 1 is 1.19 bits per heavy atom. The molecule has 1 atom stereocenters. The minimum Gasteiger partial charge on any atom is -0.491 e. The molecule has 3 amide bonds. The maximum Gasteiger partial charge on any atom is 0.320 e. The summed E-state index contributed by atoms with van der Waals surface area (Å²) in [6, 6.07) is 14.2. The molecule has 0 saturated carbocycles. The molecule has 1 aliphatic heterocycles. The highest BCUT2D eigenvalue weighted by molar-refractivity contribution is 5.93. The van der Waals surface area contributed by atoms with Gasteiger partial charge in [0.2, 0.25) is 0 Å². The smallest absolute Gasteiger partial charge is 0.320 e. The Morgan fingerprint density at radius 2 is 1.92 bits per heavy atom. The molecule has 0 aliphatic carbocycles. The number of nitrogens with zero attached hydrogens (tertiary/aromatic N) is 2. The summed E-state index contributed by atoms with van der Waals surface area (Å²) in [5.74, 6) is -0.0810. The predicted molar refractivity (Wildman–Crippen MR) is 95.0 cm³/mol. The van der Waals surface area contributed by atoms with E-state index in [-0.39, 0.29) is 24.2 Å². The minimum absolute atomic E-state index is 0.118. The summed E-state index contributed by atoms with van der Waals surface area (Å²) in [7, 11) is 3.43. The highest BCUT2D eigenvalue weighted by Crippen LogP contribution is 2.32. The number of carbonyl (C=O) groups is 2. The van der Waals surface area contributed by atoms with Gasteiger partial charge in [-0.1, -0.05) is 36.4 Å². The summed E-state index contributed by atoms with van der Waals surface area (Å²) < 4.78 is 5.94. The highest BCUT2D eigenvalue weighted by Gasteiger charge is 2.31. The van der Waals surface area contributed by atoms with Crippen LogP contribution in [0.4, 0.5) is 4.79 Å². The van der Waals surface area contributed by atoms with E-state index >= 15 is 0 Å². The molecule has 1 unspecified atom stereocenters. The molecule has 2 aromatic carbocycles. The number of benzene rings is 2. The summed E-state index contributed by atoms with van der Waals surface area (Å²) in [6.07, 6.45) is 0. The first-order valence-electron chi connectivity index (χ1n) is 8.24. The molecule has 136 valence electrons. The number of carbonyl (C=O) groups excluding carboxylic acids is 2. The van der Waals surface area contributed by atoms with Crippen LogP contribution in [0.25, 0.3) is 0 Å². The van der Waals surface area contributed by atoms with Gasteiger partial charge in [0.25, 0.3) is 5.91 Å². The van der Waals surface area contributed by atoms with Crippen LogP contribution in [0.5, 0.6) is 5.75 Å². The topological polar surface area (TPSA) is 82.1 Å². The second-order valence-corrected chi connectivity index (χ2v) is 6.31. The number of rotatable bonds is 2. The third-order valence-corrected chi connectivity index (χ3v) is 4.36. The first kappa shape index (κ1) is 17.8. The summed E-state index contributed by atoms with van der Waals surface area (Å²) in [5, 5.41) is 8.82. The van der Waals surface area contributed by atoms with Crippen LogP contribution in [0.15, 0.2) is 48.5 Å². The predicted octanol–water partition coefficient (Wildman–Crippen LogP) is 2.42. The molecule has 1 aliphatic rings. The van der Waals surface area contributed by atoms with E-state index in [9.17, 15) is 9.59 Å². The van der Waals surface area contributed by atoms with E-state index in [1.54, 1.807) is 42.7 Å². The fourth-order valence-corrected chi connectivity index (χ4v) is 2.99. The van der Waals surface area contributed by atoms with Gasteiger partial charge in [-0.3, -0.25) is 10.0 Å². The lowest BCUT2D eigenvalue weighted by atomic mass is 10.1. The van der Waals surface area contributed by atoms with E-state index in [1.807, 2.05) is 30.3 Å². The van der Waals surface area contributed by atoms with E-state index < -0.39 is 5.91 Å². The van der Waals surface area contributed by atoms with E-state index in [4.69, 9.17) is 9.94 Å². The van der Waals surface area contributed by atoms with Gasteiger partial charge in [0, 0.05) is 25.2 Å². The zero-order valence-electron chi connectivity index (χ0n) is 14.7. The Labute approximate surface area is 151 Å². The number of hydrogen-bond acceptors (Lipinski definition) is 4. The summed E-state index contributed by atoms with van der Waals surface area (Å²) >= 11 is 0. The lowest BCUT2D eigenvalue weighted by Gasteiger charge is -2.31. The van der Waals surface area contributed by atoms with Crippen molar-refractivity contribution in [2.24, 2.45) is 0 Å². The van der Waals surface area contributed by atoms with Gasteiger partial charge >= 0.3 is 6.03 Å². The maximum atomic E-state index is 12.8. The Balaban J connectivity index is 1.99. The lowest BCUT2D eigenvalue weighted by Crippen LogP contribution is -2.42. The van der Waals surface area contributed by atoms with Gasteiger partial charge in [-0.2, -0.15) is 0 Å². The fourth-order valence-electron chi connectivity index (χ4n) is 2.99. The molecular formula is C19H21N3O4. The zero-order chi connectivity index (χ0) is 18.7. The number of hydrogen-bond donors (Lipinski definition) is 2. The zero-order valence-corrected chi connectivity index (χ0v) is 14.7. The molecule has 0 bridgehead atoms. The lowest BCUT2D eigenvalue weighted by molar-refractivity contribution is 0.0706. The number of nitrogens with one attached hydrogen (secondary N) is 1. The van der Waals surface area contributed by atoms with Crippen molar-refractivity contribution in [2.45, 2.75) is 12.6 Å². The number of hydroxylamine groups is 1. The van der Waals surface area contributed by atoms with Gasteiger partial charge in [0.05, 0.1) is 12.6 Å². The average Bonchev–Trinajstić information content (AvgIpc) is 2.86. The Hall–Kier alpha value is -3.06. The van der Waals surface area contributed by atoms with Crippen molar-refractivity contribution in [1.29, 1.82) is 0 Å². The van der Waals surface area contributed by atoms with Crippen LogP contribution in [0.2, 0.25) is 0 Å². The third-order valence-electron chi connectivity index (χ3n) is 4.36. The van der Waals surface area contributed by atoms with E-state index in [2.05, 4.69) is 0 Å². The van der Waals surface area contributed by atoms with Crippen molar-refractivity contribution in [3.05, 3.63) is 65.2 Å². The van der Waals surface area contributed by atoms with Gasteiger partial charge in [-0.05, 0) is 17.7 Å². The molecule has 7 heteroatoms. The van der Waals surface area contributed by atoms with Crippen LogP contribution in [0, 0.1) is 0 Å². The molecule has 0 radical (unpaired) electrons. The van der Waals surface area contributed by atoms with Gasteiger partial charge in [-0.25, -0.2) is 10.3 Å². The van der Waals surface area contributed by atoms with E-state index in [0.29, 0.717) is 12.3 Å². The molecule has 0 aromatic heterocycles. The molecule has 0 spiro atoms. The van der Waals surface area contributed by atoms with Crippen LogP contribution in [0.3, 0.4) is 0 Å². The molecule has 1 heterocycles. The molecular weight excluding hydrogens is 334 g/mol. The molecule has 26 heavy (non-hydrogen) atoms. The molecule has 0 saturated heterocycles. The normalized spacial score (nSPS) is 16.1. The number of urea groups is 1. The highest BCUT2D eigenvalue weighted by atomic mass is 16.5. The monoisotopic (exact) mass is 355 g/mol. The molecule has 7 nitrogen and oxygen atoms in total. The van der Waals surface area contributed by atoms with Crippen molar-refractivity contribution >= 4 is 11.9 Å². The fraction of sp³-hybridized carbons (Fsp3) is 0.263. The van der Waals surface area contributed by atoms with Crippen LogP contribution in [-0.4, -0.2) is 47.6 Å². The van der Waals surface area contributed by atoms with Crippen molar-refractivity contribution in [3.63, 3.8) is 0 Å². The van der Waals surface area contributed by atoms with Crippen molar-refractivity contribution < 1.29 is 19.5 Å². The molecule has 2 N–H and O–H groups in total. The number of ether oxygens (including phenoxy) is 1. The summed E-state index contributed by atoms with van der Waals surface area (Å²) in [6.45, 7) is 0.619. The van der Waals surface area contributed by atoms with E-state index in [1.165, 1.54) is 4.90 Å². The molecule has 2 aromatic rings. The van der Waals surface area contributed by atoms with Crippen molar-refractivity contribution in [2.75, 3.05) is 20.7 Å². The van der Waals surface area contributed by atoms with E-state index in [0.717, 1.165) is 11.1 Å². The maximum absolute atomic E-state index is 12.8. The Morgan fingerprint density at radius 3 is 2.58 bits per heavy atom. The SMILES string of the molecule is CN(C)C(=O)N1Cc2ccc(C(=O)NO)cc2OCC1c1ccccc1. The van der Waals surface area contributed by atoms with Crippen LogP contribution in [-0.2, 0) is 6.54 Å². The quantitative estimate of drug-likeness (QED) is 0.640. The average molecular weight is 355 g/mol. The van der Waals surface area contributed by atoms with Crippen LogP contribution in [0.1, 0.15) is 27.5 Å². The Bertz CT molecular complexity index is 808. The third kappa shape index (κ3) is 3.48.